The van der Waals surface area contributed by atoms with Gasteiger partial charge in [-0.3, -0.25) is 14.5 Å². The molecule has 0 aromatic heterocycles. The molecule has 32 heavy (non-hydrogen) atoms. The molecule has 1 amide bonds. The van der Waals surface area contributed by atoms with Crippen molar-refractivity contribution in [1.82, 2.24) is 0 Å². The average Bonchev–Trinajstić information content (AvgIpc) is 3.05. The topological polar surface area (TPSA) is 69.6 Å². The fourth-order valence-electron chi connectivity index (χ4n) is 3.98. The molecule has 1 atom stereocenters. The molecule has 0 spiro atoms. The first-order valence-corrected chi connectivity index (χ1v) is 10.7. The van der Waals surface area contributed by atoms with E-state index < -0.39 is 17.7 Å². The van der Waals surface area contributed by atoms with Crippen LogP contribution in [0, 0.1) is 12.8 Å². The molecule has 0 saturated carbocycles. The summed E-state index contributed by atoms with van der Waals surface area (Å²) in [4.78, 5) is 27.6. The zero-order chi connectivity index (χ0) is 22.8. The number of carbonyl (C=O) groups excluding carboxylic acids is 2. The van der Waals surface area contributed by atoms with Gasteiger partial charge >= 0.3 is 0 Å². The largest absolute Gasteiger partial charge is 0.503 e. The summed E-state index contributed by atoms with van der Waals surface area (Å²) >= 11 is 0. The maximum Gasteiger partial charge on any atom is 0.294 e. The molecule has 2 N–H and O–H groups in total. The minimum absolute atomic E-state index is 0.155. The summed E-state index contributed by atoms with van der Waals surface area (Å²) < 4.78 is 0. The molecule has 1 heterocycles. The van der Waals surface area contributed by atoms with E-state index in [2.05, 4.69) is 5.32 Å². The van der Waals surface area contributed by atoms with Gasteiger partial charge in [0.1, 0.15) is 0 Å². The number of benzene rings is 3. The van der Waals surface area contributed by atoms with Crippen LogP contribution in [0.5, 0.6) is 0 Å². The van der Waals surface area contributed by atoms with E-state index in [1.54, 1.807) is 13.8 Å². The van der Waals surface area contributed by atoms with Crippen LogP contribution in [0.25, 0.3) is 0 Å². The SMILES string of the molecule is Cc1cccc(C2C(C(=O)C(C)C)=C(O)C(=O)N2c2ccc(Nc3ccccc3)cc2)c1. The fourth-order valence-corrected chi connectivity index (χ4v) is 3.98. The Morgan fingerprint density at radius 1 is 0.938 bits per heavy atom. The van der Waals surface area contributed by atoms with Gasteiger partial charge in [0, 0.05) is 23.0 Å². The predicted molar refractivity (Wildman–Crippen MR) is 127 cm³/mol. The Labute approximate surface area is 188 Å². The molecule has 0 radical (unpaired) electrons. The Bertz CT molecular complexity index is 1180. The number of nitrogens with zero attached hydrogens (tertiary/aromatic N) is 1. The van der Waals surface area contributed by atoms with Crippen molar-refractivity contribution in [2.24, 2.45) is 5.92 Å². The van der Waals surface area contributed by atoms with Crippen LogP contribution in [-0.4, -0.2) is 16.8 Å². The van der Waals surface area contributed by atoms with Gasteiger partial charge in [-0.15, -0.1) is 0 Å². The van der Waals surface area contributed by atoms with Gasteiger partial charge in [0.2, 0.25) is 0 Å². The number of hydrogen-bond donors (Lipinski definition) is 2. The molecular formula is C27H26N2O3. The van der Waals surface area contributed by atoms with Gasteiger partial charge in [-0.1, -0.05) is 61.9 Å². The minimum atomic E-state index is -0.676. The van der Waals surface area contributed by atoms with E-state index in [4.69, 9.17) is 0 Å². The monoisotopic (exact) mass is 426 g/mol. The Morgan fingerprint density at radius 3 is 2.22 bits per heavy atom. The number of amides is 1. The molecule has 0 saturated heterocycles. The highest BCUT2D eigenvalue weighted by molar-refractivity contribution is 6.16. The summed E-state index contributed by atoms with van der Waals surface area (Å²) in [5, 5.41) is 14.0. The van der Waals surface area contributed by atoms with Crippen LogP contribution in [0.4, 0.5) is 17.1 Å². The highest BCUT2D eigenvalue weighted by atomic mass is 16.3. The van der Waals surface area contributed by atoms with Gasteiger partial charge in [-0.2, -0.15) is 0 Å². The third-order valence-electron chi connectivity index (χ3n) is 5.56. The van der Waals surface area contributed by atoms with E-state index in [-0.39, 0.29) is 17.3 Å². The summed E-state index contributed by atoms with van der Waals surface area (Å²) in [5.74, 6) is -1.61. The lowest BCUT2D eigenvalue weighted by atomic mass is 9.90. The van der Waals surface area contributed by atoms with Crippen LogP contribution in [0.15, 0.2) is 90.2 Å². The van der Waals surface area contributed by atoms with Crippen molar-refractivity contribution in [2.75, 3.05) is 10.2 Å². The van der Waals surface area contributed by atoms with Crippen LogP contribution >= 0.6 is 0 Å². The number of nitrogens with one attached hydrogen (secondary N) is 1. The highest BCUT2D eigenvalue weighted by Gasteiger charge is 2.44. The van der Waals surface area contributed by atoms with Crippen LogP contribution in [0.2, 0.25) is 0 Å². The predicted octanol–water partition coefficient (Wildman–Crippen LogP) is 5.86. The summed E-state index contributed by atoms with van der Waals surface area (Å²) in [6.45, 7) is 5.50. The van der Waals surface area contributed by atoms with Crippen molar-refractivity contribution >= 4 is 28.8 Å². The molecule has 1 unspecified atom stereocenters. The number of para-hydroxylation sites is 1. The molecule has 4 rings (SSSR count). The quantitative estimate of drug-likeness (QED) is 0.518. The van der Waals surface area contributed by atoms with E-state index in [1.807, 2.05) is 85.8 Å². The van der Waals surface area contributed by atoms with Crippen LogP contribution in [0.1, 0.15) is 31.0 Å². The van der Waals surface area contributed by atoms with Gasteiger partial charge < -0.3 is 10.4 Å². The molecule has 3 aromatic rings. The lowest BCUT2D eigenvalue weighted by Gasteiger charge is -2.28. The summed E-state index contributed by atoms with van der Waals surface area (Å²) in [6, 6.07) is 24.2. The van der Waals surface area contributed by atoms with Crippen molar-refractivity contribution in [1.29, 1.82) is 0 Å². The summed E-state index contributed by atoms with van der Waals surface area (Å²) in [7, 11) is 0. The van der Waals surface area contributed by atoms with E-state index in [9.17, 15) is 14.7 Å². The van der Waals surface area contributed by atoms with E-state index in [0.29, 0.717) is 5.69 Å². The smallest absolute Gasteiger partial charge is 0.294 e. The van der Waals surface area contributed by atoms with E-state index in [1.165, 1.54) is 4.90 Å². The maximum atomic E-state index is 13.1. The molecule has 0 fully saturated rings. The maximum absolute atomic E-state index is 13.1. The van der Waals surface area contributed by atoms with Gasteiger partial charge in [0.05, 0.1) is 11.6 Å². The van der Waals surface area contributed by atoms with Gasteiger partial charge in [0.15, 0.2) is 11.5 Å². The van der Waals surface area contributed by atoms with Crippen molar-refractivity contribution in [3.8, 4) is 0 Å². The van der Waals surface area contributed by atoms with Crippen LogP contribution in [0.3, 0.4) is 0 Å². The molecule has 162 valence electrons. The van der Waals surface area contributed by atoms with E-state index >= 15 is 0 Å². The number of hydrogen-bond acceptors (Lipinski definition) is 4. The van der Waals surface area contributed by atoms with Gasteiger partial charge in [-0.25, -0.2) is 0 Å². The lowest BCUT2D eigenvalue weighted by molar-refractivity contribution is -0.119. The normalized spacial score (nSPS) is 16.1. The zero-order valence-corrected chi connectivity index (χ0v) is 18.4. The standard InChI is InChI=1S/C27H26N2O3/c1-17(2)25(30)23-24(19-9-7-8-18(3)16-19)29(27(32)26(23)31)22-14-12-21(13-15-22)28-20-10-5-4-6-11-20/h4-17,24,28,31H,1-3H3. The van der Waals surface area contributed by atoms with Gasteiger partial charge in [-0.05, 0) is 48.9 Å². The second-order valence-electron chi connectivity index (χ2n) is 8.31. The molecule has 5 heteroatoms. The first kappa shape index (κ1) is 21.4. The second-order valence-corrected chi connectivity index (χ2v) is 8.31. The Morgan fingerprint density at radius 2 is 1.59 bits per heavy atom. The van der Waals surface area contributed by atoms with Crippen LogP contribution in [-0.2, 0) is 9.59 Å². The number of carbonyl (C=O) groups is 2. The van der Waals surface area contributed by atoms with Gasteiger partial charge in [0.25, 0.3) is 5.91 Å². The molecule has 3 aromatic carbocycles. The Kier molecular flexibility index (Phi) is 5.82. The molecule has 1 aliphatic rings. The number of aliphatic hydroxyl groups excluding tert-OH is 1. The van der Waals surface area contributed by atoms with Crippen molar-refractivity contribution in [3.05, 3.63) is 101 Å². The second kappa shape index (κ2) is 8.71. The lowest BCUT2D eigenvalue weighted by Crippen LogP contribution is -2.31. The first-order valence-electron chi connectivity index (χ1n) is 10.7. The third kappa shape index (κ3) is 4.02. The number of anilines is 3. The number of Topliss-reactive ketones (excluding diaryl/α,β-unsaturated/α-hetero) is 1. The molecule has 1 aliphatic heterocycles. The number of aliphatic hydroxyl groups is 1. The Hall–Kier alpha value is -3.86. The molecular weight excluding hydrogens is 400 g/mol. The highest BCUT2D eigenvalue weighted by Crippen LogP contribution is 2.42. The molecule has 0 bridgehead atoms. The summed E-state index contributed by atoms with van der Waals surface area (Å²) in [6.07, 6.45) is 0. The van der Waals surface area contributed by atoms with Crippen molar-refractivity contribution in [2.45, 2.75) is 26.8 Å². The summed E-state index contributed by atoms with van der Waals surface area (Å²) in [5.41, 5.74) is 4.40. The average molecular weight is 427 g/mol. The number of rotatable bonds is 6. The third-order valence-corrected chi connectivity index (χ3v) is 5.56. The minimum Gasteiger partial charge on any atom is -0.503 e. The number of ketones is 1. The number of aryl methyl sites for hydroxylation is 1. The van der Waals surface area contributed by atoms with Crippen molar-refractivity contribution in [3.63, 3.8) is 0 Å². The molecule has 0 aliphatic carbocycles. The fraction of sp³-hybridized carbons (Fsp3) is 0.185. The van der Waals surface area contributed by atoms with E-state index in [0.717, 1.165) is 22.5 Å². The van der Waals surface area contributed by atoms with Crippen LogP contribution < -0.4 is 10.2 Å². The molecule has 5 nitrogen and oxygen atoms in total. The zero-order valence-electron chi connectivity index (χ0n) is 18.4. The first-order chi connectivity index (χ1) is 15.4. The van der Waals surface area contributed by atoms with Crippen molar-refractivity contribution < 1.29 is 14.7 Å². The Balaban J connectivity index is 1.73.